The standard InChI is InChI=1S/C14H19NOS/c1-11-8-10-17-13(11)14(16)15-9-7-12-5-3-2-4-6-12/h5,8,10H,2-4,6-7,9H2,1H3,(H,15,16). The van der Waals surface area contributed by atoms with E-state index in [1.807, 2.05) is 18.4 Å². The molecule has 1 aromatic rings. The van der Waals surface area contributed by atoms with Gasteiger partial charge in [0.05, 0.1) is 4.88 Å². The number of aryl methyl sites for hydroxylation is 1. The summed E-state index contributed by atoms with van der Waals surface area (Å²) in [6, 6.07) is 1.99. The van der Waals surface area contributed by atoms with Crippen molar-refractivity contribution < 1.29 is 4.79 Å². The van der Waals surface area contributed by atoms with Gasteiger partial charge < -0.3 is 5.32 Å². The maximum atomic E-state index is 11.8. The zero-order chi connectivity index (χ0) is 12.1. The highest BCUT2D eigenvalue weighted by Gasteiger charge is 2.10. The quantitative estimate of drug-likeness (QED) is 0.810. The van der Waals surface area contributed by atoms with E-state index in [0.717, 1.165) is 23.4 Å². The minimum Gasteiger partial charge on any atom is -0.351 e. The van der Waals surface area contributed by atoms with Gasteiger partial charge in [0.25, 0.3) is 5.91 Å². The van der Waals surface area contributed by atoms with E-state index in [1.165, 1.54) is 42.6 Å². The predicted molar refractivity (Wildman–Crippen MR) is 72.6 cm³/mol. The molecule has 1 heterocycles. The lowest BCUT2D eigenvalue weighted by Crippen LogP contribution is -2.24. The van der Waals surface area contributed by atoms with Crippen LogP contribution in [-0.2, 0) is 0 Å². The maximum Gasteiger partial charge on any atom is 0.261 e. The number of amides is 1. The fourth-order valence-corrected chi connectivity index (χ4v) is 3.00. The Morgan fingerprint density at radius 1 is 1.47 bits per heavy atom. The largest absolute Gasteiger partial charge is 0.351 e. The number of carbonyl (C=O) groups excluding carboxylic acids is 1. The van der Waals surface area contributed by atoms with Crippen molar-refractivity contribution in [1.82, 2.24) is 5.32 Å². The average Bonchev–Trinajstić information content (AvgIpc) is 2.77. The molecule has 1 aliphatic rings. The summed E-state index contributed by atoms with van der Waals surface area (Å²) in [6.45, 7) is 2.75. The molecule has 0 unspecified atom stereocenters. The van der Waals surface area contributed by atoms with E-state index in [4.69, 9.17) is 0 Å². The molecule has 0 fully saturated rings. The zero-order valence-corrected chi connectivity index (χ0v) is 11.1. The lowest BCUT2D eigenvalue weighted by molar-refractivity contribution is 0.0957. The lowest BCUT2D eigenvalue weighted by Gasteiger charge is -2.12. The van der Waals surface area contributed by atoms with Crippen molar-refractivity contribution in [2.75, 3.05) is 6.54 Å². The third-order valence-corrected chi connectivity index (χ3v) is 4.20. The smallest absolute Gasteiger partial charge is 0.261 e. The minimum atomic E-state index is 0.0777. The van der Waals surface area contributed by atoms with Gasteiger partial charge >= 0.3 is 0 Å². The molecule has 1 amide bonds. The van der Waals surface area contributed by atoms with Crippen molar-refractivity contribution >= 4 is 17.2 Å². The van der Waals surface area contributed by atoms with Crippen LogP contribution in [-0.4, -0.2) is 12.5 Å². The second kappa shape index (κ2) is 6.01. The molecule has 17 heavy (non-hydrogen) atoms. The van der Waals surface area contributed by atoms with Crippen LogP contribution < -0.4 is 5.32 Å². The Morgan fingerprint density at radius 3 is 3.00 bits per heavy atom. The van der Waals surface area contributed by atoms with E-state index in [1.54, 1.807) is 0 Å². The van der Waals surface area contributed by atoms with Crippen LogP contribution in [0.3, 0.4) is 0 Å². The van der Waals surface area contributed by atoms with Crippen molar-refractivity contribution in [3.8, 4) is 0 Å². The third-order valence-electron chi connectivity index (χ3n) is 3.19. The number of nitrogens with one attached hydrogen (secondary N) is 1. The number of rotatable bonds is 4. The molecular formula is C14H19NOS. The molecule has 0 bridgehead atoms. The van der Waals surface area contributed by atoms with Crippen molar-refractivity contribution in [3.05, 3.63) is 33.5 Å². The highest BCUT2D eigenvalue weighted by atomic mass is 32.1. The maximum absolute atomic E-state index is 11.8. The van der Waals surface area contributed by atoms with Crippen LogP contribution in [0.25, 0.3) is 0 Å². The lowest BCUT2D eigenvalue weighted by atomic mass is 9.97. The average molecular weight is 249 g/mol. The Bertz CT molecular complexity index is 420. The van der Waals surface area contributed by atoms with Crippen LogP contribution in [0.1, 0.15) is 47.3 Å². The molecule has 2 nitrogen and oxygen atoms in total. The Morgan fingerprint density at radius 2 is 2.35 bits per heavy atom. The number of hydrogen-bond acceptors (Lipinski definition) is 2. The topological polar surface area (TPSA) is 29.1 Å². The molecule has 0 radical (unpaired) electrons. The normalized spacial score (nSPS) is 15.5. The van der Waals surface area contributed by atoms with Crippen LogP contribution in [0, 0.1) is 6.92 Å². The number of thiophene rings is 1. The van der Waals surface area contributed by atoms with Crippen LogP contribution in [0.15, 0.2) is 23.1 Å². The van der Waals surface area contributed by atoms with E-state index >= 15 is 0 Å². The summed E-state index contributed by atoms with van der Waals surface area (Å²) < 4.78 is 0. The van der Waals surface area contributed by atoms with Gasteiger partial charge in [-0.2, -0.15) is 0 Å². The predicted octanol–water partition coefficient (Wildman–Crippen LogP) is 3.68. The SMILES string of the molecule is Cc1ccsc1C(=O)NCCC1=CCCCC1. The summed E-state index contributed by atoms with van der Waals surface area (Å²) in [7, 11) is 0. The summed E-state index contributed by atoms with van der Waals surface area (Å²) in [6.07, 6.45) is 8.41. The molecule has 1 aliphatic carbocycles. The summed E-state index contributed by atoms with van der Waals surface area (Å²) in [4.78, 5) is 12.7. The van der Waals surface area contributed by atoms with E-state index in [0.29, 0.717) is 0 Å². The van der Waals surface area contributed by atoms with Gasteiger partial charge in [-0.3, -0.25) is 4.79 Å². The molecule has 0 aliphatic heterocycles. The zero-order valence-electron chi connectivity index (χ0n) is 10.3. The molecule has 0 saturated carbocycles. The van der Waals surface area contributed by atoms with E-state index in [9.17, 15) is 4.79 Å². The Kier molecular flexibility index (Phi) is 4.37. The van der Waals surface area contributed by atoms with Gasteiger partial charge in [-0.1, -0.05) is 11.6 Å². The fraction of sp³-hybridized carbons (Fsp3) is 0.500. The van der Waals surface area contributed by atoms with Crippen molar-refractivity contribution in [2.45, 2.75) is 39.0 Å². The van der Waals surface area contributed by atoms with Gasteiger partial charge in [0.2, 0.25) is 0 Å². The molecule has 1 aromatic heterocycles. The van der Waals surface area contributed by atoms with Crippen molar-refractivity contribution in [3.63, 3.8) is 0 Å². The monoisotopic (exact) mass is 249 g/mol. The summed E-state index contributed by atoms with van der Waals surface area (Å²) in [5.41, 5.74) is 2.59. The van der Waals surface area contributed by atoms with Gasteiger partial charge in [-0.15, -0.1) is 11.3 Å². The van der Waals surface area contributed by atoms with Gasteiger partial charge in [0.15, 0.2) is 0 Å². The van der Waals surface area contributed by atoms with Gasteiger partial charge in [-0.25, -0.2) is 0 Å². The van der Waals surface area contributed by atoms with Crippen molar-refractivity contribution in [2.24, 2.45) is 0 Å². The molecule has 0 spiro atoms. The molecule has 0 atom stereocenters. The van der Waals surface area contributed by atoms with Gasteiger partial charge in [-0.05, 0) is 56.0 Å². The Labute approximate surface area is 107 Å². The summed E-state index contributed by atoms with van der Waals surface area (Å²) in [5.74, 6) is 0.0777. The molecule has 3 heteroatoms. The molecule has 2 rings (SSSR count). The fourth-order valence-electron chi connectivity index (χ4n) is 2.15. The van der Waals surface area contributed by atoms with E-state index in [-0.39, 0.29) is 5.91 Å². The molecule has 0 aromatic carbocycles. The van der Waals surface area contributed by atoms with Crippen LogP contribution in [0.2, 0.25) is 0 Å². The molecule has 92 valence electrons. The highest BCUT2D eigenvalue weighted by Crippen LogP contribution is 2.19. The first-order valence-electron chi connectivity index (χ1n) is 6.27. The van der Waals surface area contributed by atoms with E-state index < -0.39 is 0 Å². The van der Waals surface area contributed by atoms with E-state index in [2.05, 4.69) is 11.4 Å². The second-order valence-electron chi connectivity index (χ2n) is 4.55. The molecular weight excluding hydrogens is 230 g/mol. The third kappa shape index (κ3) is 3.43. The van der Waals surface area contributed by atoms with Gasteiger partial charge in [0, 0.05) is 6.54 Å². The molecule has 1 N–H and O–H groups in total. The summed E-state index contributed by atoms with van der Waals surface area (Å²) in [5, 5.41) is 4.97. The number of carbonyl (C=O) groups is 1. The van der Waals surface area contributed by atoms with Crippen molar-refractivity contribution in [1.29, 1.82) is 0 Å². The van der Waals surface area contributed by atoms with Crippen LogP contribution in [0.5, 0.6) is 0 Å². The number of hydrogen-bond donors (Lipinski definition) is 1. The van der Waals surface area contributed by atoms with Gasteiger partial charge in [0.1, 0.15) is 0 Å². The summed E-state index contributed by atoms with van der Waals surface area (Å²) >= 11 is 1.52. The molecule has 0 saturated heterocycles. The Balaban J connectivity index is 1.77. The van der Waals surface area contributed by atoms with Crippen LogP contribution in [0.4, 0.5) is 0 Å². The minimum absolute atomic E-state index is 0.0777. The first kappa shape index (κ1) is 12.4. The van der Waals surface area contributed by atoms with Crippen LogP contribution >= 0.6 is 11.3 Å². The second-order valence-corrected chi connectivity index (χ2v) is 5.46. The number of allylic oxidation sites excluding steroid dienone is 1. The first-order chi connectivity index (χ1) is 8.27. The first-order valence-corrected chi connectivity index (χ1v) is 7.15. The Hall–Kier alpha value is -1.09. The highest BCUT2D eigenvalue weighted by molar-refractivity contribution is 7.12.